The molecule has 3 nitrogen and oxygen atoms in total. The Hall–Kier alpha value is -1.92. The number of ketones is 1. The van der Waals surface area contributed by atoms with Crippen molar-refractivity contribution in [3.63, 3.8) is 0 Å². The fourth-order valence-corrected chi connectivity index (χ4v) is 1.21. The first-order valence-electron chi connectivity index (χ1n) is 4.87. The molecule has 0 amide bonds. The molecule has 7 heteroatoms. The van der Waals surface area contributed by atoms with E-state index >= 15 is 0 Å². The van der Waals surface area contributed by atoms with Gasteiger partial charge >= 0.3 is 5.97 Å². The molecule has 1 aromatic carbocycles. The van der Waals surface area contributed by atoms with Crippen molar-refractivity contribution in [3.8, 4) is 0 Å². The minimum Gasteiger partial charge on any atom is -0.460 e. The Labute approximate surface area is 99.4 Å². The molecule has 0 unspecified atom stereocenters. The van der Waals surface area contributed by atoms with Crippen molar-refractivity contribution < 1.29 is 31.9 Å². The first kappa shape index (κ1) is 14.1. The van der Waals surface area contributed by atoms with E-state index in [0.29, 0.717) is 6.07 Å². The van der Waals surface area contributed by atoms with Gasteiger partial charge in [0.2, 0.25) is 0 Å². The first-order valence-corrected chi connectivity index (χ1v) is 4.87. The van der Waals surface area contributed by atoms with E-state index in [0.717, 1.165) is 0 Å². The molecule has 0 aliphatic rings. The maximum absolute atomic E-state index is 13.2. The van der Waals surface area contributed by atoms with Crippen LogP contribution in [0.2, 0.25) is 0 Å². The molecule has 0 saturated carbocycles. The van der Waals surface area contributed by atoms with Crippen molar-refractivity contribution in [3.05, 3.63) is 34.9 Å². The van der Waals surface area contributed by atoms with Gasteiger partial charge in [0, 0.05) is 5.56 Å². The van der Waals surface area contributed by atoms with Crippen molar-refractivity contribution >= 4 is 11.8 Å². The largest absolute Gasteiger partial charge is 0.460 e. The summed E-state index contributed by atoms with van der Waals surface area (Å²) >= 11 is 0. The Kier molecular flexibility index (Phi) is 4.41. The molecule has 0 atom stereocenters. The molecular weight excluding hydrogens is 256 g/mol. The summed E-state index contributed by atoms with van der Waals surface area (Å²) in [5.41, 5.74) is -1.95. The molecule has 0 saturated heterocycles. The van der Waals surface area contributed by atoms with Crippen LogP contribution in [0.4, 0.5) is 17.6 Å². The maximum atomic E-state index is 13.2. The van der Waals surface area contributed by atoms with Crippen molar-refractivity contribution in [2.24, 2.45) is 0 Å². The molecule has 0 aliphatic carbocycles. The maximum Gasteiger partial charge on any atom is 0.379 e. The third kappa shape index (κ3) is 2.85. The normalized spacial score (nSPS) is 10.6. The van der Waals surface area contributed by atoms with Gasteiger partial charge in [-0.2, -0.15) is 0 Å². The molecule has 0 radical (unpaired) electrons. The molecule has 98 valence electrons. The molecule has 0 N–H and O–H groups in total. The summed E-state index contributed by atoms with van der Waals surface area (Å²) in [6.45, 7) is 1.25. The summed E-state index contributed by atoms with van der Waals surface area (Å²) in [6, 6.07) is 0.699. The zero-order valence-electron chi connectivity index (χ0n) is 9.18. The highest BCUT2D eigenvalue weighted by molar-refractivity contribution is 6.40. The van der Waals surface area contributed by atoms with Gasteiger partial charge in [-0.3, -0.25) is 4.79 Å². The Morgan fingerprint density at radius 2 is 1.89 bits per heavy atom. The molecule has 0 fully saturated rings. The Morgan fingerprint density at radius 1 is 1.28 bits per heavy atom. The lowest BCUT2D eigenvalue weighted by atomic mass is 10.1. The number of halogens is 4. The van der Waals surface area contributed by atoms with Crippen molar-refractivity contribution in [1.29, 1.82) is 0 Å². The topological polar surface area (TPSA) is 43.4 Å². The molecule has 0 aromatic heterocycles. The summed E-state index contributed by atoms with van der Waals surface area (Å²) in [7, 11) is 0. The summed E-state index contributed by atoms with van der Waals surface area (Å²) in [5, 5.41) is 0. The van der Waals surface area contributed by atoms with Crippen LogP contribution in [0.3, 0.4) is 0 Å². The van der Waals surface area contributed by atoms with Crippen LogP contribution >= 0.6 is 0 Å². The van der Waals surface area contributed by atoms with Gasteiger partial charge in [0.25, 0.3) is 12.2 Å². The molecule has 0 aliphatic heterocycles. The number of carbonyl (C=O) groups is 2. The Bertz CT molecular complexity index is 485. The predicted octanol–water partition coefficient (Wildman–Crippen LogP) is 2.65. The minimum absolute atomic E-state index is 0.150. The fraction of sp³-hybridized carbons (Fsp3) is 0.273. The van der Waals surface area contributed by atoms with Crippen molar-refractivity contribution in [2.75, 3.05) is 6.61 Å². The molecular formula is C11H8F4O3. The van der Waals surface area contributed by atoms with E-state index in [-0.39, 0.29) is 12.7 Å². The Morgan fingerprint density at radius 3 is 2.39 bits per heavy atom. The number of alkyl halides is 2. The summed E-state index contributed by atoms with van der Waals surface area (Å²) in [5.74, 6) is -6.21. The summed E-state index contributed by atoms with van der Waals surface area (Å²) < 4.78 is 55.2. The number of hydrogen-bond donors (Lipinski definition) is 0. The Balaban J connectivity index is 3.23. The molecule has 18 heavy (non-hydrogen) atoms. The lowest BCUT2D eigenvalue weighted by molar-refractivity contribution is -0.137. The summed E-state index contributed by atoms with van der Waals surface area (Å²) in [6.07, 6.45) is -3.09. The third-order valence-electron chi connectivity index (χ3n) is 2.01. The number of carbonyl (C=O) groups excluding carboxylic acids is 2. The van der Waals surface area contributed by atoms with Gasteiger partial charge in [0.15, 0.2) is 11.6 Å². The van der Waals surface area contributed by atoms with E-state index in [1.807, 2.05) is 0 Å². The molecule has 0 bridgehead atoms. The lowest BCUT2D eigenvalue weighted by Crippen LogP contribution is -2.19. The van der Waals surface area contributed by atoms with E-state index in [1.54, 1.807) is 0 Å². The average molecular weight is 264 g/mol. The quantitative estimate of drug-likeness (QED) is 0.363. The van der Waals surface area contributed by atoms with Crippen LogP contribution in [0.5, 0.6) is 0 Å². The number of hydrogen-bond acceptors (Lipinski definition) is 3. The zero-order valence-corrected chi connectivity index (χ0v) is 9.18. The van der Waals surface area contributed by atoms with Gasteiger partial charge in [-0.1, -0.05) is 0 Å². The number of rotatable bonds is 4. The summed E-state index contributed by atoms with van der Waals surface area (Å²) in [4.78, 5) is 22.4. The highest BCUT2D eigenvalue weighted by Crippen LogP contribution is 2.24. The standard InChI is InChI=1S/C11H8F4O3/c1-2-18-11(17)9(16)6-3-5(10(14)15)4-7(12)8(6)13/h3-4,10H,2H2,1H3. The van der Waals surface area contributed by atoms with Crippen LogP contribution in [0, 0.1) is 11.6 Å². The van der Waals surface area contributed by atoms with E-state index in [9.17, 15) is 27.2 Å². The number of esters is 1. The number of Topliss-reactive ketones (excluding diaryl/α,β-unsaturated/α-hetero) is 1. The fourth-order valence-electron chi connectivity index (χ4n) is 1.21. The van der Waals surface area contributed by atoms with Crippen LogP contribution in [0.1, 0.15) is 29.3 Å². The lowest BCUT2D eigenvalue weighted by Gasteiger charge is -2.06. The zero-order chi connectivity index (χ0) is 13.9. The molecule has 0 heterocycles. The highest BCUT2D eigenvalue weighted by atomic mass is 19.3. The second-order valence-corrected chi connectivity index (χ2v) is 3.21. The number of benzene rings is 1. The predicted molar refractivity (Wildman–Crippen MR) is 52.3 cm³/mol. The number of ether oxygens (including phenoxy) is 1. The highest BCUT2D eigenvalue weighted by Gasteiger charge is 2.25. The third-order valence-corrected chi connectivity index (χ3v) is 2.01. The van der Waals surface area contributed by atoms with Gasteiger partial charge in [-0.15, -0.1) is 0 Å². The van der Waals surface area contributed by atoms with E-state index in [2.05, 4.69) is 4.74 Å². The van der Waals surface area contributed by atoms with Crippen molar-refractivity contribution in [1.82, 2.24) is 0 Å². The van der Waals surface area contributed by atoms with Crippen LogP contribution < -0.4 is 0 Å². The van der Waals surface area contributed by atoms with Gasteiger partial charge in [0.05, 0.1) is 12.2 Å². The van der Waals surface area contributed by atoms with Crippen LogP contribution in [0.15, 0.2) is 12.1 Å². The SMILES string of the molecule is CCOC(=O)C(=O)c1cc(C(F)F)cc(F)c1F. The smallest absolute Gasteiger partial charge is 0.379 e. The van der Waals surface area contributed by atoms with E-state index in [1.165, 1.54) is 6.92 Å². The van der Waals surface area contributed by atoms with Crippen LogP contribution in [0.25, 0.3) is 0 Å². The second-order valence-electron chi connectivity index (χ2n) is 3.21. The minimum atomic E-state index is -3.09. The molecule has 1 aromatic rings. The van der Waals surface area contributed by atoms with Crippen LogP contribution in [-0.4, -0.2) is 18.4 Å². The monoisotopic (exact) mass is 264 g/mol. The van der Waals surface area contributed by atoms with Gasteiger partial charge < -0.3 is 4.74 Å². The van der Waals surface area contributed by atoms with Gasteiger partial charge in [-0.25, -0.2) is 22.4 Å². The van der Waals surface area contributed by atoms with Gasteiger partial charge in [0.1, 0.15) is 0 Å². The molecule has 1 rings (SSSR count). The van der Waals surface area contributed by atoms with Crippen molar-refractivity contribution in [2.45, 2.75) is 13.3 Å². The van der Waals surface area contributed by atoms with Gasteiger partial charge in [-0.05, 0) is 19.1 Å². The second kappa shape index (κ2) is 5.61. The molecule has 0 spiro atoms. The van der Waals surface area contributed by atoms with E-state index < -0.39 is 40.9 Å². The van der Waals surface area contributed by atoms with E-state index in [4.69, 9.17) is 0 Å². The first-order chi connectivity index (χ1) is 8.38. The van der Waals surface area contributed by atoms with Crippen LogP contribution in [-0.2, 0) is 9.53 Å². The average Bonchev–Trinajstić information content (AvgIpc) is 2.31.